The molecule has 2 N–H and O–H groups in total. The topological polar surface area (TPSA) is 67.2 Å². The Kier molecular flexibility index (Phi) is 4.99. The van der Waals surface area contributed by atoms with Crippen molar-refractivity contribution < 1.29 is 5.11 Å². The average molecular weight is 330 g/mol. The number of nitrogens with one attached hydrogen (secondary N) is 1. The number of rotatable bonds is 5. The van der Waals surface area contributed by atoms with Crippen LogP contribution in [0.25, 0.3) is 0 Å². The fourth-order valence-electron chi connectivity index (χ4n) is 2.61. The maximum absolute atomic E-state index is 11.9. The Bertz CT molecular complexity index is 489. The molecule has 1 aliphatic carbocycles. The molecule has 19 heavy (non-hydrogen) atoms. The van der Waals surface area contributed by atoms with E-state index in [-0.39, 0.29) is 18.7 Å². The van der Waals surface area contributed by atoms with Gasteiger partial charge in [-0.15, -0.1) is 0 Å². The number of hydrogen-bond donors (Lipinski definition) is 2. The Hall–Kier alpha value is -0.880. The Morgan fingerprint density at radius 1 is 1.58 bits per heavy atom. The van der Waals surface area contributed by atoms with Crippen LogP contribution in [-0.4, -0.2) is 28.0 Å². The minimum atomic E-state index is -0.210. The molecule has 0 saturated heterocycles. The van der Waals surface area contributed by atoms with Gasteiger partial charge in [-0.25, -0.2) is 4.68 Å². The lowest BCUT2D eigenvalue weighted by Gasteiger charge is -2.17. The molecule has 1 heterocycles. The molecule has 5 nitrogen and oxygen atoms in total. The van der Waals surface area contributed by atoms with Crippen molar-refractivity contribution in [2.24, 2.45) is 11.8 Å². The van der Waals surface area contributed by atoms with Gasteiger partial charge in [0.2, 0.25) is 0 Å². The van der Waals surface area contributed by atoms with Crippen LogP contribution in [0.2, 0.25) is 0 Å². The summed E-state index contributed by atoms with van der Waals surface area (Å²) in [7, 11) is 0. The van der Waals surface area contributed by atoms with Gasteiger partial charge in [0.05, 0.1) is 25.0 Å². The lowest BCUT2D eigenvalue weighted by Crippen LogP contribution is -2.26. The van der Waals surface area contributed by atoms with Crippen molar-refractivity contribution in [3.05, 3.63) is 21.0 Å². The van der Waals surface area contributed by atoms with Crippen LogP contribution >= 0.6 is 15.9 Å². The summed E-state index contributed by atoms with van der Waals surface area (Å²) in [6, 6.07) is 0. The van der Waals surface area contributed by atoms with Crippen LogP contribution in [0.3, 0.4) is 0 Å². The van der Waals surface area contributed by atoms with Crippen LogP contribution in [0.4, 0.5) is 5.69 Å². The van der Waals surface area contributed by atoms with Crippen molar-refractivity contribution in [2.75, 3.05) is 18.5 Å². The fourth-order valence-corrected chi connectivity index (χ4v) is 3.06. The van der Waals surface area contributed by atoms with Crippen LogP contribution in [0.5, 0.6) is 0 Å². The predicted molar refractivity (Wildman–Crippen MR) is 78.3 cm³/mol. The summed E-state index contributed by atoms with van der Waals surface area (Å²) in [5.41, 5.74) is 0.525. The number of halogens is 1. The van der Waals surface area contributed by atoms with Crippen molar-refractivity contribution >= 4 is 21.6 Å². The predicted octanol–water partition coefficient (Wildman–Crippen LogP) is 1.85. The van der Waals surface area contributed by atoms with Gasteiger partial charge in [-0.1, -0.05) is 19.8 Å². The van der Waals surface area contributed by atoms with Crippen molar-refractivity contribution in [3.8, 4) is 0 Å². The van der Waals surface area contributed by atoms with Gasteiger partial charge in [0.15, 0.2) is 0 Å². The molecule has 0 spiro atoms. The number of aromatic nitrogens is 2. The summed E-state index contributed by atoms with van der Waals surface area (Å²) in [6.07, 6.45) is 5.48. The smallest absolute Gasteiger partial charge is 0.283 e. The zero-order valence-electron chi connectivity index (χ0n) is 11.1. The zero-order chi connectivity index (χ0) is 13.8. The Labute approximate surface area is 121 Å². The number of nitrogens with zero attached hydrogens (tertiary/aromatic N) is 2. The molecule has 0 radical (unpaired) electrons. The summed E-state index contributed by atoms with van der Waals surface area (Å²) < 4.78 is 1.74. The molecule has 2 rings (SSSR count). The molecular weight excluding hydrogens is 310 g/mol. The third-order valence-electron chi connectivity index (χ3n) is 3.89. The van der Waals surface area contributed by atoms with E-state index in [0.29, 0.717) is 10.4 Å². The molecule has 0 aliphatic heterocycles. The van der Waals surface area contributed by atoms with E-state index in [4.69, 9.17) is 5.11 Å². The summed E-state index contributed by atoms with van der Waals surface area (Å²) >= 11 is 3.31. The maximum Gasteiger partial charge on any atom is 0.283 e. The molecule has 1 aromatic heterocycles. The third kappa shape index (κ3) is 3.36. The fraction of sp³-hybridized carbons (Fsp3) is 0.692. The summed E-state index contributed by atoms with van der Waals surface area (Å²) in [5, 5.41) is 16.2. The van der Waals surface area contributed by atoms with Crippen LogP contribution < -0.4 is 10.9 Å². The number of anilines is 1. The van der Waals surface area contributed by atoms with Crippen molar-refractivity contribution in [3.63, 3.8) is 0 Å². The van der Waals surface area contributed by atoms with Gasteiger partial charge in [-0.2, -0.15) is 5.10 Å². The minimum Gasteiger partial charge on any atom is -0.394 e. The van der Waals surface area contributed by atoms with Crippen molar-refractivity contribution in [2.45, 2.75) is 32.7 Å². The van der Waals surface area contributed by atoms with Gasteiger partial charge in [-0.3, -0.25) is 4.79 Å². The molecule has 6 heteroatoms. The van der Waals surface area contributed by atoms with Gasteiger partial charge in [-0.05, 0) is 34.2 Å². The first-order valence-electron chi connectivity index (χ1n) is 6.74. The number of aliphatic hydroxyl groups excluding tert-OH is 1. The first-order valence-corrected chi connectivity index (χ1v) is 7.53. The molecule has 106 valence electrons. The second kappa shape index (κ2) is 6.52. The average Bonchev–Trinajstić information content (AvgIpc) is 2.80. The first kappa shape index (κ1) is 14.5. The van der Waals surface area contributed by atoms with E-state index in [0.717, 1.165) is 18.2 Å². The normalized spacial score (nSPS) is 22.7. The second-order valence-corrected chi connectivity index (χ2v) is 5.97. The van der Waals surface area contributed by atoms with Crippen LogP contribution in [0.15, 0.2) is 15.5 Å². The van der Waals surface area contributed by atoms with Gasteiger partial charge in [0.1, 0.15) is 4.47 Å². The van der Waals surface area contributed by atoms with E-state index >= 15 is 0 Å². The van der Waals surface area contributed by atoms with Crippen LogP contribution in [-0.2, 0) is 6.54 Å². The van der Waals surface area contributed by atoms with E-state index in [1.54, 1.807) is 6.20 Å². The SMILES string of the molecule is CC1CCCC1CNc1cnn(CCO)c(=O)c1Br. The molecule has 0 bridgehead atoms. The number of aliphatic hydroxyl groups is 1. The molecule has 1 aromatic rings. The van der Waals surface area contributed by atoms with Crippen molar-refractivity contribution in [1.29, 1.82) is 0 Å². The Morgan fingerprint density at radius 2 is 2.37 bits per heavy atom. The highest BCUT2D eigenvalue weighted by Gasteiger charge is 2.23. The largest absolute Gasteiger partial charge is 0.394 e. The van der Waals surface area contributed by atoms with E-state index in [2.05, 4.69) is 33.3 Å². The minimum absolute atomic E-state index is 0.0916. The quantitative estimate of drug-likeness (QED) is 0.865. The van der Waals surface area contributed by atoms with Crippen LogP contribution in [0, 0.1) is 11.8 Å². The Balaban J connectivity index is 2.04. The summed E-state index contributed by atoms with van der Waals surface area (Å²) in [4.78, 5) is 11.9. The highest BCUT2D eigenvalue weighted by atomic mass is 79.9. The molecule has 0 aromatic carbocycles. The standard InChI is InChI=1S/C13H20BrN3O2/c1-9-3-2-4-10(9)7-15-11-8-16-17(5-6-18)13(19)12(11)14/h8-10,15,18H,2-7H2,1H3. The lowest BCUT2D eigenvalue weighted by molar-refractivity contribution is 0.266. The Morgan fingerprint density at radius 3 is 3.00 bits per heavy atom. The number of hydrogen-bond acceptors (Lipinski definition) is 4. The van der Waals surface area contributed by atoms with Gasteiger partial charge in [0, 0.05) is 6.54 Å². The van der Waals surface area contributed by atoms with E-state index in [9.17, 15) is 4.79 Å². The molecule has 1 aliphatic rings. The highest BCUT2D eigenvalue weighted by Crippen LogP contribution is 2.31. The second-order valence-electron chi connectivity index (χ2n) is 5.17. The van der Waals surface area contributed by atoms with E-state index in [1.165, 1.54) is 23.9 Å². The van der Waals surface area contributed by atoms with Crippen molar-refractivity contribution in [1.82, 2.24) is 9.78 Å². The van der Waals surface area contributed by atoms with Gasteiger partial charge < -0.3 is 10.4 Å². The molecule has 2 atom stereocenters. The summed E-state index contributed by atoms with van der Waals surface area (Å²) in [6.45, 7) is 3.29. The van der Waals surface area contributed by atoms with Gasteiger partial charge in [0.25, 0.3) is 5.56 Å². The van der Waals surface area contributed by atoms with Gasteiger partial charge >= 0.3 is 0 Å². The molecule has 1 fully saturated rings. The van der Waals surface area contributed by atoms with E-state index in [1.807, 2.05) is 0 Å². The molecule has 0 amide bonds. The molecule has 1 saturated carbocycles. The lowest BCUT2D eigenvalue weighted by atomic mass is 9.98. The monoisotopic (exact) mass is 329 g/mol. The first-order chi connectivity index (χ1) is 9.13. The zero-order valence-corrected chi connectivity index (χ0v) is 12.7. The summed E-state index contributed by atoms with van der Waals surface area (Å²) in [5.74, 6) is 1.42. The molecular formula is C13H20BrN3O2. The maximum atomic E-state index is 11.9. The van der Waals surface area contributed by atoms with Crippen LogP contribution in [0.1, 0.15) is 26.2 Å². The third-order valence-corrected chi connectivity index (χ3v) is 4.66. The highest BCUT2D eigenvalue weighted by molar-refractivity contribution is 9.10. The molecule has 2 unspecified atom stereocenters. The van der Waals surface area contributed by atoms with E-state index < -0.39 is 0 Å².